The summed E-state index contributed by atoms with van der Waals surface area (Å²) in [7, 11) is 0. The molecule has 5 heteroatoms. The normalized spacial score (nSPS) is 22.6. The van der Waals surface area contributed by atoms with Crippen molar-refractivity contribution in [2.45, 2.75) is 50.0 Å². The first-order valence-electron chi connectivity index (χ1n) is 10.7. The second kappa shape index (κ2) is 7.66. The Morgan fingerprint density at radius 2 is 1.77 bits per heavy atom. The Kier molecular flexibility index (Phi) is 4.98. The van der Waals surface area contributed by atoms with Crippen LogP contribution in [-0.4, -0.2) is 16.4 Å². The molecule has 0 radical (unpaired) electrons. The Morgan fingerprint density at radius 1 is 1.03 bits per heavy atom. The maximum Gasteiger partial charge on any atom is 0.251 e. The maximum atomic E-state index is 13.8. The van der Waals surface area contributed by atoms with Crippen molar-refractivity contribution in [3.8, 4) is 0 Å². The molecule has 1 heterocycles. The molecule has 30 heavy (non-hydrogen) atoms. The van der Waals surface area contributed by atoms with E-state index in [1.807, 2.05) is 12.3 Å². The van der Waals surface area contributed by atoms with Gasteiger partial charge in [-0.2, -0.15) is 0 Å². The van der Waals surface area contributed by atoms with Crippen molar-refractivity contribution >= 4 is 28.4 Å². The van der Waals surface area contributed by atoms with Gasteiger partial charge in [-0.25, -0.2) is 4.39 Å². The first kappa shape index (κ1) is 19.5. The number of nitrogens with one attached hydrogen (secondary N) is 1. The van der Waals surface area contributed by atoms with E-state index in [1.165, 1.54) is 11.6 Å². The molecule has 0 saturated heterocycles. The number of aromatic nitrogens is 1. The summed E-state index contributed by atoms with van der Waals surface area (Å²) in [5, 5.41) is 4.89. The molecule has 3 nitrogen and oxygen atoms in total. The van der Waals surface area contributed by atoms with Crippen LogP contribution in [0.25, 0.3) is 10.9 Å². The van der Waals surface area contributed by atoms with Crippen LogP contribution in [0, 0.1) is 11.7 Å². The fourth-order valence-corrected chi connectivity index (χ4v) is 5.25. The second-order valence-corrected chi connectivity index (χ2v) is 9.16. The molecule has 154 valence electrons. The van der Waals surface area contributed by atoms with Crippen molar-refractivity contribution in [2.24, 2.45) is 5.92 Å². The first-order chi connectivity index (χ1) is 14.5. The molecule has 3 aromatic rings. The van der Waals surface area contributed by atoms with Gasteiger partial charge in [0.05, 0.1) is 5.52 Å². The quantitative estimate of drug-likeness (QED) is 0.538. The lowest BCUT2D eigenvalue weighted by molar-refractivity contribution is 0.0900. The molecule has 1 aromatic heterocycles. The van der Waals surface area contributed by atoms with E-state index >= 15 is 0 Å². The summed E-state index contributed by atoms with van der Waals surface area (Å²) in [6.07, 6.45) is 8.18. The third-order valence-electron chi connectivity index (χ3n) is 6.94. The van der Waals surface area contributed by atoms with Crippen molar-refractivity contribution in [3.63, 3.8) is 0 Å². The molecule has 1 amide bonds. The number of carbonyl (C=O) groups is 1. The lowest BCUT2D eigenvalue weighted by atomic mass is 9.74. The van der Waals surface area contributed by atoms with Crippen LogP contribution in [0.5, 0.6) is 0 Å². The molecule has 0 bridgehead atoms. The minimum absolute atomic E-state index is 0.0121. The third-order valence-corrected chi connectivity index (χ3v) is 7.20. The highest BCUT2D eigenvalue weighted by atomic mass is 35.5. The fraction of sp³-hybridized carbons (Fsp3) is 0.360. The fourth-order valence-electron chi connectivity index (χ4n) is 5.12. The topological polar surface area (TPSA) is 42.0 Å². The van der Waals surface area contributed by atoms with Gasteiger partial charge in [0.25, 0.3) is 5.91 Å². The van der Waals surface area contributed by atoms with Crippen molar-refractivity contribution < 1.29 is 9.18 Å². The number of fused-ring (bicyclic) bond motifs is 1. The van der Waals surface area contributed by atoms with E-state index in [4.69, 9.17) is 11.6 Å². The summed E-state index contributed by atoms with van der Waals surface area (Å²) >= 11 is 5.94. The van der Waals surface area contributed by atoms with E-state index in [0.717, 1.165) is 49.4 Å². The molecular weight excluding hydrogens is 399 g/mol. The average Bonchev–Trinajstić information content (AvgIpc) is 3.54. The number of halogens is 2. The third kappa shape index (κ3) is 3.69. The Morgan fingerprint density at radius 3 is 2.47 bits per heavy atom. The lowest BCUT2D eigenvalue weighted by Gasteiger charge is -2.35. The van der Waals surface area contributed by atoms with Crippen molar-refractivity contribution in [2.75, 3.05) is 0 Å². The Balaban J connectivity index is 1.28. The zero-order chi connectivity index (χ0) is 20.7. The zero-order valence-electron chi connectivity index (χ0n) is 16.7. The molecule has 2 aromatic carbocycles. The van der Waals surface area contributed by atoms with Crippen LogP contribution in [0.1, 0.15) is 60.4 Å². The number of nitrogens with zero attached hydrogens (tertiary/aromatic N) is 1. The minimum Gasteiger partial charge on any atom is -0.346 e. The van der Waals surface area contributed by atoms with Gasteiger partial charge in [0.15, 0.2) is 0 Å². The average molecular weight is 423 g/mol. The molecule has 2 aliphatic carbocycles. The number of pyridine rings is 1. The van der Waals surface area contributed by atoms with Crippen LogP contribution in [0.3, 0.4) is 0 Å². The van der Waals surface area contributed by atoms with E-state index in [9.17, 15) is 9.18 Å². The molecule has 1 N–H and O–H groups in total. The number of hydrogen-bond donors (Lipinski definition) is 1. The summed E-state index contributed by atoms with van der Waals surface area (Å²) in [5.41, 5.74) is 2.65. The highest BCUT2D eigenvalue weighted by molar-refractivity contribution is 6.30. The monoisotopic (exact) mass is 422 g/mol. The van der Waals surface area contributed by atoms with Gasteiger partial charge in [-0.05, 0) is 104 Å². The molecule has 0 aliphatic heterocycles. The molecule has 0 atom stereocenters. The summed E-state index contributed by atoms with van der Waals surface area (Å²) in [5.74, 6) is 0.681. The lowest BCUT2D eigenvalue weighted by Crippen LogP contribution is -2.43. The van der Waals surface area contributed by atoms with Crippen LogP contribution in [0.2, 0.25) is 5.02 Å². The Hall–Kier alpha value is -2.46. The number of amides is 1. The Bertz CT molecular complexity index is 1090. The highest BCUT2D eigenvalue weighted by Gasteiger charge is 2.51. The van der Waals surface area contributed by atoms with Gasteiger partial charge in [0.2, 0.25) is 0 Å². The van der Waals surface area contributed by atoms with Crippen LogP contribution in [0.4, 0.5) is 4.39 Å². The first-order valence-corrected chi connectivity index (χ1v) is 11.0. The van der Waals surface area contributed by atoms with Crippen LogP contribution >= 0.6 is 11.6 Å². The van der Waals surface area contributed by atoms with Gasteiger partial charge in [-0.15, -0.1) is 0 Å². The summed E-state index contributed by atoms with van der Waals surface area (Å²) < 4.78 is 13.8. The smallest absolute Gasteiger partial charge is 0.251 e. The van der Waals surface area contributed by atoms with E-state index in [1.54, 1.807) is 36.4 Å². The number of rotatable bonds is 4. The SMILES string of the molecule is O=C(NC1([C@H]2CC[C@@H](c3ccnc4ccc(F)cc43)CC2)CC1)c1ccc(Cl)cc1. The largest absolute Gasteiger partial charge is 0.346 e. The van der Waals surface area contributed by atoms with Gasteiger partial charge in [-0.3, -0.25) is 9.78 Å². The van der Waals surface area contributed by atoms with E-state index in [-0.39, 0.29) is 17.3 Å². The Labute approximate surface area is 180 Å². The van der Waals surface area contributed by atoms with Crippen molar-refractivity contribution in [1.29, 1.82) is 0 Å². The predicted molar refractivity (Wildman–Crippen MR) is 117 cm³/mol. The maximum absolute atomic E-state index is 13.8. The van der Waals surface area contributed by atoms with E-state index in [2.05, 4.69) is 10.3 Å². The van der Waals surface area contributed by atoms with Crippen LogP contribution in [-0.2, 0) is 0 Å². The minimum atomic E-state index is -0.215. The molecule has 2 fully saturated rings. The summed E-state index contributed by atoms with van der Waals surface area (Å²) in [6, 6.07) is 13.9. The molecular formula is C25H24ClFN2O. The second-order valence-electron chi connectivity index (χ2n) is 8.73. The van der Waals surface area contributed by atoms with E-state index in [0.29, 0.717) is 22.4 Å². The molecule has 2 saturated carbocycles. The summed E-state index contributed by atoms with van der Waals surface area (Å²) in [6.45, 7) is 0. The number of benzene rings is 2. The van der Waals surface area contributed by atoms with Gasteiger partial charge >= 0.3 is 0 Å². The molecule has 2 aliphatic rings. The molecule has 5 rings (SSSR count). The molecule has 0 spiro atoms. The van der Waals surface area contributed by atoms with Crippen LogP contribution in [0.15, 0.2) is 54.7 Å². The zero-order valence-corrected chi connectivity index (χ0v) is 17.5. The van der Waals surface area contributed by atoms with Gasteiger partial charge < -0.3 is 5.32 Å². The molecule has 0 unspecified atom stereocenters. The predicted octanol–water partition coefficient (Wildman–Crippen LogP) is 6.26. The van der Waals surface area contributed by atoms with Gasteiger partial charge in [-0.1, -0.05) is 11.6 Å². The van der Waals surface area contributed by atoms with Gasteiger partial charge in [0, 0.05) is 27.7 Å². The van der Waals surface area contributed by atoms with Crippen LogP contribution < -0.4 is 5.32 Å². The highest BCUT2D eigenvalue weighted by Crippen LogP contribution is 2.51. The number of hydrogen-bond acceptors (Lipinski definition) is 2. The van der Waals surface area contributed by atoms with Crippen molar-refractivity contribution in [3.05, 3.63) is 76.7 Å². The van der Waals surface area contributed by atoms with Crippen molar-refractivity contribution in [1.82, 2.24) is 10.3 Å². The standard InChI is InChI=1S/C25H24ClFN2O/c26-19-7-3-17(4-8-19)24(30)29-25(12-13-25)18-5-1-16(2-6-18)21-11-14-28-23-10-9-20(27)15-22(21)23/h3-4,7-11,14-16,18H,1-2,5-6,12-13H2,(H,29,30)/t16-,18+. The van der Waals surface area contributed by atoms with Gasteiger partial charge in [0.1, 0.15) is 5.82 Å². The summed E-state index contributed by atoms with van der Waals surface area (Å²) in [4.78, 5) is 17.1. The van der Waals surface area contributed by atoms with E-state index < -0.39 is 0 Å². The number of carbonyl (C=O) groups excluding carboxylic acids is 1.